The number of nitrogens with zero attached hydrogens (tertiary/aromatic N) is 1. The van der Waals surface area contributed by atoms with Crippen molar-refractivity contribution in [3.63, 3.8) is 0 Å². The van der Waals surface area contributed by atoms with Crippen LogP contribution in [0.15, 0.2) is 23.0 Å². The second kappa shape index (κ2) is 10.0. The summed E-state index contributed by atoms with van der Waals surface area (Å²) in [4.78, 5) is 2.51. The molecule has 5 fully saturated rings. The van der Waals surface area contributed by atoms with E-state index in [2.05, 4.69) is 24.8 Å². The van der Waals surface area contributed by atoms with Gasteiger partial charge in [-0.3, -0.25) is 0 Å². The van der Waals surface area contributed by atoms with Crippen molar-refractivity contribution in [2.45, 2.75) is 102 Å². The molecule has 8 atom stereocenters. The van der Waals surface area contributed by atoms with Crippen LogP contribution in [0, 0.1) is 28.6 Å². The molecule has 0 amide bonds. The van der Waals surface area contributed by atoms with Gasteiger partial charge in [-0.15, -0.1) is 0 Å². The Morgan fingerprint density at radius 3 is 2.64 bits per heavy atom. The highest BCUT2D eigenvalue weighted by molar-refractivity contribution is 5.26. The van der Waals surface area contributed by atoms with Crippen molar-refractivity contribution >= 4 is 0 Å². The first-order chi connectivity index (χ1) is 17.4. The van der Waals surface area contributed by atoms with Crippen molar-refractivity contribution in [3.05, 3.63) is 24.2 Å². The second-order valence-corrected chi connectivity index (χ2v) is 13.4. The second-order valence-electron chi connectivity index (χ2n) is 13.4. The molecule has 0 aromatic carbocycles. The largest absolute Gasteiger partial charge is 0.472 e. The number of furan rings is 1. The molecule has 1 saturated heterocycles. The number of hydrogen-bond acceptors (Lipinski definition) is 5. The maximum Gasteiger partial charge on any atom is 0.0937 e. The molecule has 0 bridgehead atoms. The van der Waals surface area contributed by atoms with Gasteiger partial charge in [0.25, 0.3) is 0 Å². The Kier molecular flexibility index (Phi) is 7.07. The standard InChI is InChI=1S/C31H49NO4/c1-29-11-7-25(36-20-19-34-18-16-32-14-3-4-15-32)21-24(29)5-6-28-27(29)8-12-30(2)26(9-13-31(28,30)33)23-10-17-35-22-23/h10,17,22,24-28,33H,3-9,11-16,18-21H2,1-2H3/t24-,25+,26-,27+,28-,29+,30-,31-/m1/s1. The lowest BCUT2D eigenvalue weighted by Crippen LogP contribution is -2.62. The van der Waals surface area contributed by atoms with E-state index in [-0.39, 0.29) is 5.41 Å². The molecule has 4 saturated carbocycles. The van der Waals surface area contributed by atoms with Crippen molar-refractivity contribution < 1.29 is 19.0 Å². The molecule has 4 aliphatic carbocycles. The van der Waals surface area contributed by atoms with E-state index in [9.17, 15) is 5.11 Å². The van der Waals surface area contributed by atoms with Crippen molar-refractivity contribution in [3.8, 4) is 0 Å². The van der Waals surface area contributed by atoms with E-state index in [0.29, 0.717) is 29.3 Å². The van der Waals surface area contributed by atoms with Gasteiger partial charge < -0.3 is 23.9 Å². The Labute approximate surface area is 218 Å². The molecule has 1 aromatic rings. The van der Waals surface area contributed by atoms with E-state index in [4.69, 9.17) is 13.9 Å². The third-order valence-electron chi connectivity index (χ3n) is 12.1. The van der Waals surface area contributed by atoms with Crippen LogP contribution in [0.2, 0.25) is 0 Å². The van der Waals surface area contributed by atoms with E-state index >= 15 is 0 Å². The third kappa shape index (κ3) is 4.21. The van der Waals surface area contributed by atoms with Crippen LogP contribution < -0.4 is 0 Å². The van der Waals surface area contributed by atoms with Crippen LogP contribution in [0.5, 0.6) is 0 Å². The van der Waals surface area contributed by atoms with Gasteiger partial charge in [-0.25, -0.2) is 0 Å². The molecule has 36 heavy (non-hydrogen) atoms. The topological polar surface area (TPSA) is 55.1 Å². The first kappa shape index (κ1) is 25.4. The zero-order chi connectivity index (χ0) is 24.8. The van der Waals surface area contributed by atoms with E-state index < -0.39 is 5.60 Å². The summed E-state index contributed by atoms with van der Waals surface area (Å²) in [5.74, 6) is 2.24. The summed E-state index contributed by atoms with van der Waals surface area (Å²) < 4.78 is 17.7. The molecule has 1 aliphatic heterocycles. The van der Waals surface area contributed by atoms with E-state index in [0.717, 1.165) is 58.0 Å². The number of rotatable bonds is 8. The maximum absolute atomic E-state index is 12.4. The number of fused-ring (bicyclic) bond motifs is 5. The van der Waals surface area contributed by atoms with Crippen molar-refractivity contribution in [1.29, 1.82) is 0 Å². The summed E-state index contributed by atoms with van der Waals surface area (Å²) in [6.07, 6.45) is 17.3. The molecule has 6 rings (SSSR count). The van der Waals surface area contributed by atoms with E-state index in [1.165, 1.54) is 63.6 Å². The number of likely N-dealkylation sites (tertiary alicyclic amines) is 1. The van der Waals surface area contributed by atoms with Crippen LogP contribution in [0.4, 0.5) is 0 Å². The van der Waals surface area contributed by atoms with Crippen molar-refractivity contribution in [1.82, 2.24) is 4.90 Å². The molecule has 5 nitrogen and oxygen atoms in total. The fraction of sp³-hybridized carbons (Fsp3) is 0.871. The fourth-order valence-corrected chi connectivity index (χ4v) is 9.92. The highest BCUT2D eigenvalue weighted by Gasteiger charge is 2.67. The van der Waals surface area contributed by atoms with Crippen LogP contribution in [-0.2, 0) is 9.47 Å². The van der Waals surface area contributed by atoms with Crippen molar-refractivity contribution in [2.75, 3.05) is 39.5 Å². The van der Waals surface area contributed by atoms with Gasteiger partial charge in [-0.05, 0) is 124 Å². The molecule has 0 radical (unpaired) electrons. The van der Waals surface area contributed by atoms with Crippen LogP contribution in [0.25, 0.3) is 0 Å². The molecule has 1 aromatic heterocycles. The molecule has 0 spiro atoms. The summed E-state index contributed by atoms with van der Waals surface area (Å²) >= 11 is 0. The smallest absolute Gasteiger partial charge is 0.0937 e. The molecule has 0 unspecified atom stereocenters. The lowest BCUT2D eigenvalue weighted by atomic mass is 9.43. The summed E-state index contributed by atoms with van der Waals surface area (Å²) in [6, 6.07) is 2.13. The Hall–Kier alpha value is -0.880. The quantitative estimate of drug-likeness (QED) is 0.443. The lowest BCUT2D eigenvalue weighted by molar-refractivity contribution is -0.207. The normalized spacial score (nSPS) is 44.8. The van der Waals surface area contributed by atoms with Gasteiger partial charge in [-0.1, -0.05) is 13.8 Å². The van der Waals surface area contributed by atoms with Gasteiger partial charge >= 0.3 is 0 Å². The van der Waals surface area contributed by atoms with Crippen LogP contribution in [0.1, 0.15) is 96.0 Å². The number of ether oxygens (including phenoxy) is 2. The monoisotopic (exact) mass is 499 g/mol. The Bertz CT molecular complexity index is 868. The van der Waals surface area contributed by atoms with Gasteiger partial charge in [0.05, 0.1) is 44.1 Å². The first-order valence-corrected chi connectivity index (χ1v) is 15.1. The number of hydrogen-bond donors (Lipinski definition) is 1. The predicted molar refractivity (Wildman–Crippen MR) is 141 cm³/mol. The summed E-state index contributed by atoms with van der Waals surface area (Å²) in [6.45, 7) is 10.8. The van der Waals surface area contributed by atoms with Gasteiger partial charge in [0.1, 0.15) is 0 Å². The Morgan fingerprint density at radius 1 is 0.972 bits per heavy atom. The van der Waals surface area contributed by atoms with Crippen molar-refractivity contribution in [2.24, 2.45) is 28.6 Å². The zero-order valence-corrected chi connectivity index (χ0v) is 22.8. The van der Waals surface area contributed by atoms with Crippen LogP contribution >= 0.6 is 0 Å². The third-order valence-corrected chi connectivity index (χ3v) is 12.1. The molecule has 2 heterocycles. The summed E-state index contributed by atoms with van der Waals surface area (Å²) in [7, 11) is 0. The predicted octanol–water partition coefficient (Wildman–Crippen LogP) is 6.02. The SMILES string of the molecule is C[C@]12CC[C@H](OCCOCCN3CCCC3)C[C@H]1CC[C@@H]1[C@@H]2CC[C@]2(C)[C@@H](c3ccoc3)CC[C@@]12O. The van der Waals surface area contributed by atoms with E-state index in [1.807, 2.05) is 6.26 Å². The average molecular weight is 500 g/mol. The highest BCUT2D eigenvalue weighted by Crippen LogP contribution is 2.70. The lowest BCUT2D eigenvalue weighted by Gasteiger charge is -2.63. The molecule has 5 aliphatic rings. The fourth-order valence-electron chi connectivity index (χ4n) is 9.92. The average Bonchev–Trinajstić information content (AvgIpc) is 3.62. The molecule has 1 N–H and O–H groups in total. The maximum atomic E-state index is 12.4. The zero-order valence-electron chi connectivity index (χ0n) is 22.8. The summed E-state index contributed by atoms with van der Waals surface area (Å²) in [5, 5.41) is 12.4. The first-order valence-electron chi connectivity index (χ1n) is 15.1. The minimum absolute atomic E-state index is 0.0314. The molecule has 202 valence electrons. The highest BCUT2D eigenvalue weighted by atomic mass is 16.5. The van der Waals surface area contributed by atoms with Crippen LogP contribution in [-0.4, -0.2) is 61.2 Å². The Morgan fingerprint density at radius 2 is 1.83 bits per heavy atom. The number of aliphatic hydroxyl groups is 1. The molecule has 5 heteroatoms. The van der Waals surface area contributed by atoms with E-state index in [1.54, 1.807) is 6.26 Å². The Balaban J connectivity index is 1.03. The van der Waals surface area contributed by atoms with Gasteiger partial charge in [-0.2, -0.15) is 0 Å². The van der Waals surface area contributed by atoms with Gasteiger partial charge in [0, 0.05) is 12.0 Å². The molecular formula is C31H49NO4. The van der Waals surface area contributed by atoms with Gasteiger partial charge in [0.15, 0.2) is 0 Å². The minimum atomic E-state index is -0.536. The van der Waals surface area contributed by atoms with Crippen LogP contribution in [0.3, 0.4) is 0 Å². The summed E-state index contributed by atoms with van der Waals surface area (Å²) in [5.41, 5.74) is 1.08. The van der Waals surface area contributed by atoms with Gasteiger partial charge in [0.2, 0.25) is 0 Å². The minimum Gasteiger partial charge on any atom is -0.472 e. The molecular weight excluding hydrogens is 450 g/mol.